The number of rotatable bonds is 2. The number of piperidine rings is 1. The van der Waals surface area contributed by atoms with Crippen molar-refractivity contribution in [3.63, 3.8) is 0 Å². The van der Waals surface area contributed by atoms with Crippen LogP contribution in [-0.4, -0.2) is 23.3 Å². The monoisotopic (exact) mass is 243 g/mol. The van der Waals surface area contributed by atoms with Crippen LogP contribution in [-0.2, 0) is 0 Å². The van der Waals surface area contributed by atoms with Crippen LogP contribution in [0.3, 0.4) is 0 Å². The molecule has 1 saturated heterocycles. The van der Waals surface area contributed by atoms with Gasteiger partial charge in [0.15, 0.2) is 0 Å². The van der Waals surface area contributed by atoms with Crippen molar-refractivity contribution in [3.8, 4) is 0 Å². The minimum atomic E-state index is -0.220. The highest BCUT2D eigenvalue weighted by Crippen LogP contribution is 2.27. The van der Waals surface area contributed by atoms with E-state index in [0.717, 1.165) is 19.0 Å². The molecule has 16 heavy (non-hydrogen) atoms. The summed E-state index contributed by atoms with van der Waals surface area (Å²) in [6.07, 6.45) is 1.18. The van der Waals surface area contributed by atoms with Crippen molar-refractivity contribution in [2.24, 2.45) is 11.8 Å². The van der Waals surface area contributed by atoms with Gasteiger partial charge in [-0.3, -0.25) is 0 Å². The molecule has 0 aliphatic carbocycles. The summed E-state index contributed by atoms with van der Waals surface area (Å²) in [6, 6.07) is 0.612. The van der Waals surface area contributed by atoms with E-state index >= 15 is 0 Å². The fourth-order valence-corrected chi connectivity index (χ4v) is 2.04. The maximum atomic E-state index is 5.89. The van der Waals surface area contributed by atoms with Crippen LogP contribution in [0.15, 0.2) is 4.42 Å². The molecule has 0 spiro atoms. The van der Waals surface area contributed by atoms with Crippen molar-refractivity contribution in [2.45, 2.75) is 32.6 Å². The maximum absolute atomic E-state index is 5.89. The first kappa shape index (κ1) is 11.7. The first-order valence-electron chi connectivity index (χ1n) is 5.80. The van der Waals surface area contributed by atoms with Crippen LogP contribution in [0, 0.1) is 11.8 Å². The van der Waals surface area contributed by atoms with Crippen LogP contribution < -0.4 is 4.90 Å². The van der Waals surface area contributed by atoms with Gasteiger partial charge in [-0.25, -0.2) is 0 Å². The third-order valence-electron chi connectivity index (χ3n) is 3.37. The Balaban J connectivity index is 2.07. The summed E-state index contributed by atoms with van der Waals surface area (Å²) in [4.78, 5) is 2.15. The van der Waals surface area contributed by atoms with Gasteiger partial charge in [0.1, 0.15) is 5.38 Å². The average Bonchev–Trinajstić information content (AvgIpc) is 2.71. The van der Waals surface area contributed by atoms with Gasteiger partial charge in [0, 0.05) is 13.1 Å². The van der Waals surface area contributed by atoms with E-state index in [-0.39, 0.29) is 5.38 Å². The first-order chi connectivity index (χ1) is 7.58. The Labute approximate surface area is 101 Å². The summed E-state index contributed by atoms with van der Waals surface area (Å²) in [6.45, 7) is 8.36. The second-order valence-corrected chi connectivity index (χ2v) is 5.38. The molecule has 2 rings (SSSR count). The van der Waals surface area contributed by atoms with Crippen molar-refractivity contribution < 1.29 is 4.42 Å². The molecule has 0 bridgehead atoms. The Hall–Kier alpha value is -0.770. The fourth-order valence-electron chi connectivity index (χ4n) is 1.95. The molecule has 1 aromatic rings. The van der Waals surface area contributed by atoms with E-state index in [9.17, 15) is 0 Å². The molecule has 5 heteroatoms. The Morgan fingerprint density at radius 3 is 2.69 bits per heavy atom. The standard InChI is InChI=1S/C11H18ClN3O/c1-7-4-5-15(6-8(7)2)11-14-13-10(16-11)9(3)12/h7-9H,4-6H2,1-3H3. The molecule has 0 radical (unpaired) electrons. The number of hydrogen-bond acceptors (Lipinski definition) is 4. The molecule has 4 nitrogen and oxygen atoms in total. The van der Waals surface area contributed by atoms with Crippen LogP contribution in [0.5, 0.6) is 0 Å². The predicted octanol–water partition coefficient (Wildman–Crippen LogP) is 2.85. The van der Waals surface area contributed by atoms with Crippen molar-refractivity contribution in [1.82, 2.24) is 10.2 Å². The van der Waals surface area contributed by atoms with Crippen LogP contribution in [0.1, 0.15) is 38.5 Å². The van der Waals surface area contributed by atoms with E-state index in [2.05, 4.69) is 28.9 Å². The Kier molecular flexibility index (Phi) is 3.38. The van der Waals surface area contributed by atoms with Crippen LogP contribution in [0.4, 0.5) is 6.01 Å². The molecule has 3 atom stereocenters. The molecule has 0 aromatic carbocycles. The lowest BCUT2D eigenvalue weighted by molar-refractivity contribution is 0.311. The highest BCUT2D eigenvalue weighted by Gasteiger charge is 2.26. The zero-order valence-corrected chi connectivity index (χ0v) is 10.7. The quantitative estimate of drug-likeness (QED) is 0.749. The smallest absolute Gasteiger partial charge is 0.318 e. The van der Waals surface area contributed by atoms with Gasteiger partial charge in [-0.05, 0) is 25.2 Å². The SMILES string of the molecule is CC(Cl)c1nnc(N2CCC(C)C(C)C2)o1. The van der Waals surface area contributed by atoms with Gasteiger partial charge in [-0.15, -0.1) is 16.7 Å². The maximum Gasteiger partial charge on any atom is 0.318 e. The number of nitrogens with zero attached hydrogens (tertiary/aromatic N) is 3. The van der Waals surface area contributed by atoms with Gasteiger partial charge in [-0.2, -0.15) is 0 Å². The summed E-state index contributed by atoms with van der Waals surface area (Å²) < 4.78 is 5.54. The highest BCUT2D eigenvalue weighted by molar-refractivity contribution is 6.20. The van der Waals surface area contributed by atoms with E-state index < -0.39 is 0 Å². The Morgan fingerprint density at radius 1 is 1.38 bits per heavy atom. The van der Waals surface area contributed by atoms with E-state index in [1.807, 2.05) is 6.92 Å². The lowest BCUT2D eigenvalue weighted by Crippen LogP contribution is -2.38. The lowest BCUT2D eigenvalue weighted by atomic mass is 9.89. The Bertz CT molecular complexity index is 353. The summed E-state index contributed by atoms with van der Waals surface area (Å²) in [5.74, 6) is 1.94. The minimum Gasteiger partial charge on any atom is -0.406 e. The summed E-state index contributed by atoms with van der Waals surface area (Å²) in [5, 5.41) is 7.77. The highest BCUT2D eigenvalue weighted by atomic mass is 35.5. The summed E-state index contributed by atoms with van der Waals surface area (Å²) >= 11 is 5.89. The van der Waals surface area contributed by atoms with Gasteiger partial charge >= 0.3 is 6.01 Å². The number of halogens is 1. The van der Waals surface area contributed by atoms with E-state index in [0.29, 0.717) is 17.8 Å². The normalized spacial score (nSPS) is 28.1. The van der Waals surface area contributed by atoms with E-state index in [4.69, 9.17) is 16.0 Å². The molecule has 1 fully saturated rings. The molecule has 1 aliphatic rings. The summed E-state index contributed by atoms with van der Waals surface area (Å²) in [7, 11) is 0. The van der Waals surface area contributed by atoms with Gasteiger partial charge in [0.05, 0.1) is 0 Å². The van der Waals surface area contributed by atoms with Crippen molar-refractivity contribution in [1.29, 1.82) is 0 Å². The van der Waals surface area contributed by atoms with Crippen molar-refractivity contribution in [3.05, 3.63) is 5.89 Å². The Morgan fingerprint density at radius 2 is 2.12 bits per heavy atom. The number of hydrogen-bond donors (Lipinski definition) is 0. The zero-order valence-electron chi connectivity index (χ0n) is 9.98. The molecule has 1 aromatic heterocycles. The predicted molar refractivity (Wildman–Crippen MR) is 63.7 cm³/mol. The molecule has 0 saturated carbocycles. The molecule has 2 heterocycles. The lowest BCUT2D eigenvalue weighted by Gasteiger charge is -2.33. The second kappa shape index (κ2) is 4.62. The van der Waals surface area contributed by atoms with Gasteiger partial charge in [0.2, 0.25) is 5.89 Å². The molecular formula is C11H18ClN3O. The summed E-state index contributed by atoms with van der Waals surface area (Å²) in [5.41, 5.74) is 0. The molecule has 0 amide bonds. The van der Waals surface area contributed by atoms with Gasteiger partial charge < -0.3 is 9.32 Å². The van der Waals surface area contributed by atoms with Crippen molar-refractivity contribution >= 4 is 17.6 Å². The minimum absolute atomic E-state index is 0.220. The average molecular weight is 244 g/mol. The molecule has 1 aliphatic heterocycles. The van der Waals surface area contributed by atoms with Gasteiger partial charge in [0.25, 0.3) is 0 Å². The van der Waals surface area contributed by atoms with Crippen LogP contribution >= 0.6 is 11.6 Å². The topological polar surface area (TPSA) is 42.2 Å². The fraction of sp³-hybridized carbons (Fsp3) is 0.818. The molecule has 0 N–H and O–H groups in total. The molecular weight excluding hydrogens is 226 g/mol. The molecule has 3 unspecified atom stereocenters. The third kappa shape index (κ3) is 2.32. The van der Waals surface area contributed by atoms with E-state index in [1.165, 1.54) is 6.42 Å². The third-order valence-corrected chi connectivity index (χ3v) is 3.56. The number of alkyl halides is 1. The van der Waals surface area contributed by atoms with Crippen LogP contribution in [0.25, 0.3) is 0 Å². The largest absolute Gasteiger partial charge is 0.406 e. The molecule has 90 valence electrons. The zero-order chi connectivity index (χ0) is 11.7. The number of aromatic nitrogens is 2. The van der Waals surface area contributed by atoms with Crippen molar-refractivity contribution in [2.75, 3.05) is 18.0 Å². The van der Waals surface area contributed by atoms with Crippen LogP contribution in [0.2, 0.25) is 0 Å². The van der Waals surface area contributed by atoms with Gasteiger partial charge in [-0.1, -0.05) is 18.9 Å². The van der Waals surface area contributed by atoms with E-state index in [1.54, 1.807) is 0 Å². The second-order valence-electron chi connectivity index (χ2n) is 4.73. The first-order valence-corrected chi connectivity index (χ1v) is 6.24. The number of anilines is 1.